The second-order valence-corrected chi connectivity index (χ2v) is 6.88. The Labute approximate surface area is 165 Å². The number of likely N-dealkylation sites (tertiary alicyclic amines) is 1. The van der Waals surface area contributed by atoms with Gasteiger partial charge in [0.25, 0.3) is 5.91 Å². The van der Waals surface area contributed by atoms with Gasteiger partial charge in [-0.25, -0.2) is 18.6 Å². The van der Waals surface area contributed by atoms with Crippen LogP contribution in [0.2, 0.25) is 0 Å². The number of fused-ring (bicyclic) bond motifs is 1. The van der Waals surface area contributed by atoms with Crippen molar-refractivity contribution in [3.8, 4) is 0 Å². The zero-order valence-corrected chi connectivity index (χ0v) is 15.4. The number of esters is 1. The lowest BCUT2D eigenvalue weighted by molar-refractivity contribution is -0.135. The molecule has 6 nitrogen and oxygen atoms in total. The summed E-state index contributed by atoms with van der Waals surface area (Å²) in [4.78, 5) is 30.3. The Hall–Kier alpha value is -3.29. The molecular weight excluding hydrogens is 382 g/mol. The van der Waals surface area contributed by atoms with Crippen LogP contribution in [0.25, 0.3) is 11.1 Å². The van der Waals surface area contributed by atoms with Gasteiger partial charge in [0.15, 0.2) is 18.1 Å². The van der Waals surface area contributed by atoms with Crippen LogP contribution >= 0.6 is 0 Å². The first-order valence-electron chi connectivity index (χ1n) is 9.26. The van der Waals surface area contributed by atoms with Gasteiger partial charge in [-0.05, 0) is 37.1 Å². The van der Waals surface area contributed by atoms with E-state index in [0.29, 0.717) is 37.9 Å². The number of benzene rings is 2. The van der Waals surface area contributed by atoms with Crippen molar-refractivity contribution < 1.29 is 27.5 Å². The summed E-state index contributed by atoms with van der Waals surface area (Å²) in [5, 5.41) is 0. The first kappa shape index (κ1) is 19.0. The van der Waals surface area contributed by atoms with Crippen molar-refractivity contribution in [1.82, 2.24) is 9.88 Å². The molecule has 2 heterocycles. The summed E-state index contributed by atoms with van der Waals surface area (Å²) in [7, 11) is 0. The quantitative estimate of drug-likeness (QED) is 0.625. The van der Waals surface area contributed by atoms with Crippen molar-refractivity contribution in [2.75, 3.05) is 19.7 Å². The van der Waals surface area contributed by atoms with Crippen molar-refractivity contribution in [2.24, 2.45) is 0 Å². The Morgan fingerprint density at radius 2 is 1.90 bits per heavy atom. The molecule has 1 aliphatic heterocycles. The number of para-hydroxylation sites is 2. The molecule has 1 aromatic heterocycles. The van der Waals surface area contributed by atoms with E-state index in [4.69, 9.17) is 9.15 Å². The lowest BCUT2D eigenvalue weighted by atomic mass is 9.97. The first-order chi connectivity index (χ1) is 14.0. The number of piperidine rings is 1. The molecule has 0 bridgehead atoms. The normalized spacial score (nSPS) is 14.9. The molecule has 3 aromatic rings. The molecule has 1 fully saturated rings. The SMILES string of the molecule is O=C(OCC(=O)N1CCC(c2nc3ccccc3o2)CC1)c1ccc(F)cc1F. The summed E-state index contributed by atoms with van der Waals surface area (Å²) in [5.74, 6) is -2.41. The van der Waals surface area contributed by atoms with Crippen molar-refractivity contribution in [1.29, 1.82) is 0 Å². The molecular formula is C21H18F2N2O4. The third-order valence-corrected chi connectivity index (χ3v) is 4.99. The van der Waals surface area contributed by atoms with E-state index >= 15 is 0 Å². The smallest absolute Gasteiger partial charge is 0.341 e. The number of carbonyl (C=O) groups excluding carboxylic acids is 2. The largest absolute Gasteiger partial charge is 0.452 e. The average Bonchev–Trinajstić information content (AvgIpc) is 3.16. The van der Waals surface area contributed by atoms with Gasteiger partial charge in [0, 0.05) is 25.1 Å². The molecule has 2 aromatic carbocycles. The number of hydrogen-bond acceptors (Lipinski definition) is 5. The second-order valence-electron chi connectivity index (χ2n) is 6.88. The maximum Gasteiger partial charge on any atom is 0.341 e. The van der Waals surface area contributed by atoms with Gasteiger partial charge in [0.1, 0.15) is 17.2 Å². The van der Waals surface area contributed by atoms with Crippen LogP contribution in [0.3, 0.4) is 0 Å². The van der Waals surface area contributed by atoms with Gasteiger partial charge in [-0.15, -0.1) is 0 Å². The molecule has 1 aliphatic rings. The number of halogens is 2. The molecule has 0 atom stereocenters. The number of hydrogen-bond donors (Lipinski definition) is 0. The number of carbonyl (C=O) groups is 2. The van der Waals surface area contributed by atoms with Gasteiger partial charge in [0.2, 0.25) is 0 Å². The molecule has 4 rings (SSSR count). The van der Waals surface area contributed by atoms with Crippen molar-refractivity contribution in [2.45, 2.75) is 18.8 Å². The van der Waals surface area contributed by atoms with E-state index in [9.17, 15) is 18.4 Å². The molecule has 0 N–H and O–H groups in total. The maximum atomic E-state index is 13.6. The molecule has 0 saturated carbocycles. The van der Waals surface area contributed by atoms with Crippen molar-refractivity contribution in [3.63, 3.8) is 0 Å². The Morgan fingerprint density at radius 1 is 1.14 bits per heavy atom. The molecule has 8 heteroatoms. The van der Waals surface area contributed by atoms with Crippen LogP contribution in [0.4, 0.5) is 8.78 Å². The van der Waals surface area contributed by atoms with Gasteiger partial charge in [-0.3, -0.25) is 4.79 Å². The third kappa shape index (κ3) is 4.11. The fraction of sp³-hybridized carbons (Fsp3) is 0.286. The van der Waals surface area contributed by atoms with E-state index < -0.39 is 29.8 Å². The Kier molecular flexibility index (Phi) is 5.24. The zero-order valence-electron chi connectivity index (χ0n) is 15.4. The zero-order chi connectivity index (χ0) is 20.4. The van der Waals surface area contributed by atoms with Gasteiger partial charge < -0.3 is 14.1 Å². The fourth-order valence-corrected chi connectivity index (χ4v) is 3.39. The van der Waals surface area contributed by atoms with E-state index in [1.165, 1.54) is 0 Å². The number of nitrogens with zero attached hydrogens (tertiary/aromatic N) is 2. The number of rotatable bonds is 4. The summed E-state index contributed by atoms with van der Waals surface area (Å²) < 4.78 is 37.2. The summed E-state index contributed by atoms with van der Waals surface area (Å²) in [6.45, 7) is 0.457. The Bertz CT molecular complexity index is 1020. The van der Waals surface area contributed by atoms with Crippen LogP contribution in [0.5, 0.6) is 0 Å². The van der Waals surface area contributed by atoms with Crippen molar-refractivity contribution in [3.05, 3.63) is 65.6 Å². The number of aromatic nitrogens is 1. The van der Waals surface area contributed by atoms with E-state index in [-0.39, 0.29) is 11.8 Å². The number of oxazole rings is 1. The Balaban J connectivity index is 1.30. The highest BCUT2D eigenvalue weighted by molar-refractivity contribution is 5.91. The third-order valence-electron chi connectivity index (χ3n) is 4.99. The van der Waals surface area contributed by atoms with E-state index in [1.807, 2.05) is 24.3 Å². The first-order valence-corrected chi connectivity index (χ1v) is 9.26. The van der Waals surface area contributed by atoms with Crippen LogP contribution < -0.4 is 0 Å². The van der Waals surface area contributed by atoms with Gasteiger partial charge in [0.05, 0.1) is 5.56 Å². The highest BCUT2D eigenvalue weighted by atomic mass is 19.1. The Morgan fingerprint density at radius 3 is 2.62 bits per heavy atom. The summed E-state index contributed by atoms with van der Waals surface area (Å²) >= 11 is 0. The maximum absolute atomic E-state index is 13.6. The van der Waals surface area contributed by atoms with E-state index in [1.54, 1.807) is 4.90 Å². The van der Waals surface area contributed by atoms with Crippen LogP contribution in [0, 0.1) is 11.6 Å². The van der Waals surface area contributed by atoms with Crippen LogP contribution in [0.15, 0.2) is 46.9 Å². The molecule has 0 unspecified atom stereocenters. The molecule has 0 radical (unpaired) electrons. The molecule has 1 amide bonds. The predicted molar refractivity (Wildman–Crippen MR) is 99.2 cm³/mol. The number of ether oxygens (including phenoxy) is 1. The molecule has 29 heavy (non-hydrogen) atoms. The van der Waals surface area contributed by atoms with Gasteiger partial charge >= 0.3 is 5.97 Å². The number of amides is 1. The minimum absolute atomic E-state index is 0.113. The molecule has 0 aliphatic carbocycles. The fourth-order valence-electron chi connectivity index (χ4n) is 3.39. The standard InChI is InChI=1S/C21H18F2N2O4/c22-14-5-6-15(16(23)11-14)21(27)28-12-19(26)25-9-7-13(8-10-25)20-24-17-3-1-2-4-18(17)29-20/h1-6,11,13H,7-10,12H2. The van der Waals surface area contributed by atoms with Gasteiger partial charge in [-0.2, -0.15) is 0 Å². The summed E-state index contributed by atoms with van der Waals surface area (Å²) in [5.41, 5.74) is 1.13. The second kappa shape index (κ2) is 7.98. The van der Waals surface area contributed by atoms with Crippen molar-refractivity contribution >= 4 is 23.0 Å². The molecule has 1 saturated heterocycles. The average molecular weight is 400 g/mol. The van der Waals surface area contributed by atoms with E-state index in [2.05, 4.69) is 4.98 Å². The lowest BCUT2D eigenvalue weighted by Crippen LogP contribution is -2.40. The minimum Gasteiger partial charge on any atom is -0.452 e. The van der Waals surface area contributed by atoms with Crippen LogP contribution in [0.1, 0.15) is 35.0 Å². The molecule has 150 valence electrons. The van der Waals surface area contributed by atoms with Gasteiger partial charge in [-0.1, -0.05) is 12.1 Å². The van der Waals surface area contributed by atoms with Crippen LogP contribution in [-0.2, 0) is 9.53 Å². The van der Waals surface area contributed by atoms with E-state index in [0.717, 1.165) is 23.2 Å². The monoisotopic (exact) mass is 400 g/mol. The topological polar surface area (TPSA) is 72.6 Å². The lowest BCUT2D eigenvalue weighted by Gasteiger charge is -2.30. The molecule has 0 spiro atoms. The minimum atomic E-state index is -1.03. The van der Waals surface area contributed by atoms with Crippen LogP contribution in [-0.4, -0.2) is 41.5 Å². The highest BCUT2D eigenvalue weighted by Crippen LogP contribution is 2.29. The highest BCUT2D eigenvalue weighted by Gasteiger charge is 2.27. The summed E-state index contributed by atoms with van der Waals surface area (Å²) in [6.07, 6.45) is 1.36. The predicted octanol–water partition coefficient (Wildman–Crippen LogP) is 3.67. The summed E-state index contributed by atoms with van der Waals surface area (Å²) in [6, 6.07) is 10.1.